The minimum absolute atomic E-state index is 0.242. The van der Waals surface area contributed by atoms with E-state index in [2.05, 4.69) is 24.4 Å². The molecule has 118 valence electrons. The van der Waals surface area contributed by atoms with Crippen LogP contribution in [0.3, 0.4) is 0 Å². The molecule has 1 saturated carbocycles. The van der Waals surface area contributed by atoms with Crippen molar-refractivity contribution in [3.63, 3.8) is 0 Å². The van der Waals surface area contributed by atoms with Crippen molar-refractivity contribution in [2.45, 2.75) is 50.9 Å². The van der Waals surface area contributed by atoms with Crippen molar-refractivity contribution in [1.82, 2.24) is 5.32 Å². The molecule has 0 unspecified atom stereocenters. The number of benzene rings is 1. The van der Waals surface area contributed by atoms with Crippen LogP contribution in [0.25, 0.3) is 0 Å². The molecule has 3 heteroatoms. The summed E-state index contributed by atoms with van der Waals surface area (Å²) in [6.07, 6.45) is 7.88. The zero-order chi connectivity index (χ0) is 15.1. The average molecular weight is 291 g/mol. The van der Waals surface area contributed by atoms with Crippen molar-refractivity contribution in [3.8, 4) is 11.5 Å². The Hall–Kier alpha value is -1.22. The lowest BCUT2D eigenvalue weighted by Gasteiger charge is -2.34. The second kappa shape index (κ2) is 7.69. The molecule has 3 nitrogen and oxygen atoms in total. The van der Waals surface area contributed by atoms with Gasteiger partial charge in [0.05, 0.1) is 14.2 Å². The lowest BCUT2D eigenvalue weighted by molar-refractivity contribution is 0.337. The van der Waals surface area contributed by atoms with Crippen molar-refractivity contribution in [2.24, 2.45) is 0 Å². The predicted octanol–water partition coefficient (Wildman–Crippen LogP) is 3.91. The summed E-state index contributed by atoms with van der Waals surface area (Å²) >= 11 is 0. The van der Waals surface area contributed by atoms with Gasteiger partial charge < -0.3 is 14.8 Å². The highest BCUT2D eigenvalue weighted by Crippen LogP contribution is 2.41. The zero-order valence-electron chi connectivity index (χ0n) is 13.7. The van der Waals surface area contributed by atoms with E-state index in [1.54, 1.807) is 14.2 Å². The van der Waals surface area contributed by atoms with Crippen LogP contribution in [-0.4, -0.2) is 27.3 Å². The smallest absolute Gasteiger partial charge is 0.161 e. The molecule has 0 bridgehead atoms. The molecule has 0 aliphatic heterocycles. The summed E-state index contributed by atoms with van der Waals surface area (Å²) in [4.78, 5) is 0. The summed E-state index contributed by atoms with van der Waals surface area (Å²) in [7, 11) is 3.41. The van der Waals surface area contributed by atoms with Gasteiger partial charge in [0.15, 0.2) is 11.5 Å². The molecular formula is C18H29NO2. The molecule has 0 radical (unpaired) electrons. The summed E-state index contributed by atoms with van der Waals surface area (Å²) in [5, 5.41) is 3.58. The normalized spacial score (nSPS) is 18.0. The van der Waals surface area contributed by atoms with E-state index >= 15 is 0 Å². The molecule has 21 heavy (non-hydrogen) atoms. The van der Waals surface area contributed by atoms with Crippen LogP contribution in [0, 0.1) is 0 Å². The van der Waals surface area contributed by atoms with Crippen molar-refractivity contribution < 1.29 is 9.47 Å². The number of ether oxygens (including phenoxy) is 2. The molecule has 1 aliphatic carbocycles. The molecule has 1 aromatic rings. The highest BCUT2D eigenvalue weighted by molar-refractivity contribution is 5.45. The van der Waals surface area contributed by atoms with Crippen molar-refractivity contribution in [3.05, 3.63) is 23.8 Å². The van der Waals surface area contributed by atoms with Gasteiger partial charge >= 0.3 is 0 Å². The molecule has 0 spiro atoms. The summed E-state index contributed by atoms with van der Waals surface area (Å²) in [6.45, 7) is 4.26. The van der Waals surface area contributed by atoms with E-state index in [1.165, 1.54) is 44.1 Å². The van der Waals surface area contributed by atoms with Gasteiger partial charge in [0.25, 0.3) is 0 Å². The van der Waals surface area contributed by atoms with Crippen LogP contribution in [0.4, 0.5) is 0 Å². The van der Waals surface area contributed by atoms with Crippen LogP contribution in [0.5, 0.6) is 11.5 Å². The number of hydrogen-bond acceptors (Lipinski definition) is 3. The fraction of sp³-hybridized carbons (Fsp3) is 0.667. The van der Waals surface area contributed by atoms with Gasteiger partial charge in [-0.1, -0.05) is 38.7 Å². The molecule has 1 fully saturated rings. The lowest BCUT2D eigenvalue weighted by Crippen LogP contribution is -2.38. The molecule has 2 rings (SSSR count). The first kappa shape index (κ1) is 16.2. The largest absolute Gasteiger partial charge is 0.493 e. The van der Waals surface area contributed by atoms with Gasteiger partial charge in [0.1, 0.15) is 0 Å². The van der Waals surface area contributed by atoms with Gasteiger partial charge in [-0.25, -0.2) is 0 Å². The minimum Gasteiger partial charge on any atom is -0.493 e. The van der Waals surface area contributed by atoms with E-state index in [1.807, 2.05) is 6.07 Å². The third kappa shape index (κ3) is 3.70. The Balaban J connectivity index is 2.35. The monoisotopic (exact) mass is 291 g/mol. The Morgan fingerprint density at radius 2 is 1.67 bits per heavy atom. The van der Waals surface area contributed by atoms with E-state index in [9.17, 15) is 0 Å². The van der Waals surface area contributed by atoms with Crippen LogP contribution in [0.1, 0.15) is 51.0 Å². The van der Waals surface area contributed by atoms with Gasteiger partial charge in [0.2, 0.25) is 0 Å². The Kier molecular flexibility index (Phi) is 5.92. The van der Waals surface area contributed by atoms with Gasteiger partial charge in [0, 0.05) is 12.0 Å². The Labute approximate surface area is 129 Å². The maximum atomic E-state index is 5.50. The number of methoxy groups -OCH3 is 2. The molecule has 0 saturated heterocycles. The molecule has 1 aliphatic rings. The SMILES string of the molecule is CCNCC1(c2ccc(OC)c(OC)c2)CCCCCC1. The molecular weight excluding hydrogens is 262 g/mol. The summed E-state index contributed by atoms with van der Waals surface area (Å²) in [6, 6.07) is 6.46. The molecule has 0 amide bonds. The molecule has 1 N–H and O–H groups in total. The molecule has 0 atom stereocenters. The Bertz CT molecular complexity index is 437. The van der Waals surface area contributed by atoms with Gasteiger partial charge in [-0.2, -0.15) is 0 Å². The lowest BCUT2D eigenvalue weighted by atomic mass is 9.74. The van der Waals surface area contributed by atoms with Crippen molar-refractivity contribution >= 4 is 0 Å². The van der Waals surface area contributed by atoms with Crippen molar-refractivity contribution in [1.29, 1.82) is 0 Å². The summed E-state index contributed by atoms with van der Waals surface area (Å²) < 4.78 is 10.9. The van der Waals surface area contributed by atoms with E-state index in [0.29, 0.717) is 0 Å². The maximum absolute atomic E-state index is 5.50. The van der Waals surface area contributed by atoms with E-state index in [0.717, 1.165) is 24.6 Å². The summed E-state index contributed by atoms with van der Waals surface area (Å²) in [5.74, 6) is 1.66. The highest BCUT2D eigenvalue weighted by atomic mass is 16.5. The van der Waals surface area contributed by atoms with Crippen LogP contribution in [-0.2, 0) is 5.41 Å². The van der Waals surface area contributed by atoms with E-state index in [-0.39, 0.29) is 5.41 Å². The first-order chi connectivity index (χ1) is 10.3. The van der Waals surface area contributed by atoms with Crippen LogP contribution in [0.2, 0.25) is 0 Å². The van der Waals surface area contributed by atoms with E-state index < -0.39 is 0 Å². The first-order valence-electron chi connectivity index (χ1n) is 8.19. The average Bonchev–Trinajstić information content (AvgIpc) is 2.78. The predicted molar refractivity (Wildman–Crippen MR) is 87.5 cm³/mol. The van der Waals surface area contributed by atoms with Gasteiger partial charge in [-0.05, 0) is 37.1 Å². The van der Waals surface area contributed by atoms with Crippen LogP contribution >= 0.6 is 0 Å². The molecule has 1 aromatic carbocycles. The number of rotatable bonds is 6. The Morgan fingerprint density at radius 1 is 1.00 bits per heavy atom. The quantitative estimate of drug-likeness (QED) is 0.806. The van der Waals surface area contributed by atoms with Gasteiger partial charge in [-0.15, -0.1) is 0 Å². The molecule has 0 aromatic heterocycles. The highest BCUT2D eigenvalue weighted by Gasteiger charge is 2.33. The minimum atomic E-state index is 0.242. The topological polar surface area (TPSA) is 30.5 Å². The second-order valence-electron chi connectivity index (χ2n) is 6.04. The third-order valence-corrected chi connectivity index (χ3v) is 4.77. The van der Waals surface area contributed by atoms with Crippen LogP contribution < -0.4 is 14.8 Å². The second-order valence-corrected chi connectivity index (χ2v) is 6.04. The van der Waals surface area contributed by atoms with E-state index in [4.69, 9.17) is 9.47 Å². The zero-order valence-corrected chi connectivity index (χ0v) is 13.7. The number of nitrogens with one attached hydrogen (secondary N) is 1. The van der Waals surface area contributed by atoms with Crippen molar-refractivity contribution in [2.75, 3.05) is 27.3 Å². The molecule has 0 heterocycles. The van der Waals surface area contributed by atoms with Gasteiger partial charge in [-0.3, -0.25) is 0 Å². The third-order valence-electron chi connectivity index (χ3n) is 4.77. The fourth-order valence-corrected chi connectivity index (χ4v) is 3.50. The summed E-state index contributed by atoms with van der Waals surface area (Å²) in [5.41, 5.74) is 1.63. The number of likely N-dealkylation sites (N-methyl/N-ethyl adjacent to an activating group) is 1. The fourth-order valence-electron chi connectivity index (χ4n) is 3.50. The standard InChI is InChI=1S/C18H29NO2/c1-4-19-14-18(11-7-5-6-8-12-18)15-9-10-16(20-2)17(13-15)21-3/h9-10,13,19H,4-8,11-12,14H2,1-3H3. The van der Waals surface area contributed by atoms with Crippen LogP contribution in [0.15, 0.2) is 18.2 Å². The maximum Gasteiger partial charge on any atom is 0.161 e. The Morgan fingerprint density at radius 3 is 2.24 bits per heavy atom. The first-order valence-corrected chi connectivity index (χ1v) is 8.19. The number of hydrogen-bond donors (Lipinski definition) is 1.